The molecule has 0 spiro atoms. The molecule has 3 aromatic heterocycles. The third kappa shape index (κ3) is 3.97. The molecule has 0 unspecified atom stereocenters. The third-order valence-electron chi connectivity index (χ3n) is 3.17. The second-order valence-electron chi connectivity index (χ2n) is 4.89. The molecule has 2 N–H and O–H groups in total. The quantitative estimate of drug-likeness (QED) is 0.387. The van der Waals surface area contributed by atoms with E-state index in [9.17, 15) is 0 Å². The molecule has 0 saturated carbocycles. The number of rotatable bonds is 7. The van der Waals surface area contributed by atoms with Gasteiger partial charge in [-0.1, -0.05) is 0 Å². The molecular formula is C16H16ClN5O2. The molecule has 24 heavy (non-hydrogen) atoms. The number of anilines is 1. The van der Waals surface area contributed by atoms with Crippen molar-refractivity contribution in [2.75, 3.05) is 11.9 Å². The van der Waals surface area contributed by atoms with Gasteiger partial charge in [-0.2, -0.15) is 15.0 Å². The van der Waals surface area contributed by atoms with Crippen LogP contribution in [-0.2, 0) is 6.54 Å². The van der Waals surface area contributed by atoms with Gasteiger partial charge in [-0.3, -0.25) is 4.98 Å². The molecule has 0 fully saturated rings. The summed E-state index contributed by atoms with van der Waals surface area (Å²) in [6.07, 6.45) is 3.23. The number of nitrogens with zero attached hydrogens (tertiary/aromatic N) is 3. The number of halogens is 1. The lowest BCUT2D eigenvalue weighted by atomic mass is 10.3. The van der Waals surface area contributed by atoms with Gasteiger partial charge in [-0.25, -0.2) is 0 Å². The average molecular weight is 346 g/mol. The molecule has 0 bridgehead atoms. The highest BCUT2D eigenvalue weighted by atomic mass is 35.5. The van der Waals surface area contributed by atoms with Gasteiger partial charge in [-0.05, 0) is 37.1 Å². The van der Waals surface area contributed by atoms with E-state index in [4.69, 9.17) is 20.8 Å². The molecule has 7 nitrogen and oxygen atoms in total. The van der Waals surface area contributed by atoms with Crippen LogP contribution >= 0.6 is 11.6 Å². The fourth-order valence-electron chi connectivity index (χ4n) is 2.08. The van der Waals surface area contributed by atoms with E-state index in [2.05, 4.69) is 37.1 Å². The molecule has 0 atom stereocenters. The Hall–Kier alpha value is -2.72. The van der Waals surface area contributed by atoms with E-state index in [0.29, 0.717) is 36.1 Å². The molecule has 124 valence electrons. The van der Waals surface area contributed by atoms with Crippen molar-refractivity contribution in [3.8, 4) is 17.9 Å². The molecule has 0 saturated heterocycles. The van der Waals surface area contributed by atoms with Gasteiger partial charge in [0.1, 0.15) is 5.76 Å². The summed E-state index contributed by atoms with van der Waals surface area (Å²) in [5, 5.41) is 3.27. The maximum absolute atomic E-state index is 5.97. The molecule has 0 aromatic carbocycles. The Morgan fingerprint density at radius 2 is 2.29 bits per heavy atom. The van der Waals surface area contributed by atoms with Crippen molar-refractivity contribution >= 4 is 28.6 Å². The maximum atomic E-state index is 5.97. The fourth-order valence-corrected chi connectivity index (χ4v) is 2.25. The highest BCUT2D eigenvalue weighted by Crippen LogP contribution is 2.23. The molecule has 8 heteroatoms. The number of fused-ring (bicyclic) bond motifs is 1. The van der Waals surface area contributed by atoms with E-state index in [1.165, 1.54) is 0 Å². The number of H-pyrrole nitrogens is 1. The first-order chi connectivity index (χ1) is 11.8. The van der Waals surface area contributed by atoms with E-state index in [0.717, 1.165) is 18.6 Å². The van der Waals surface area contributed by atoms with Gasteiger partial charge < -0.3 is 14.5 Å². The van der Waals surface area contributed by atoms with Crippen LogP contribution in [0.5, 0.6) is 6.01 Å². The number of nitrogens with one attached hydrogen (secondary N) is 2. The predicted octanol–water partition coefficient (Wildman–Crippen LogP) is 3.39. The highest BCUT2D eigenvalue weighted by molar-refractivity contribution is 6.28. The minimum Gasteiger partial charge on any atom is -0.467 e. The lowest BCUT2D eigenvalue weighted by molar-refractivity contribution is 0.292. The smallest absolute Gasteiger partial charge is 0.295 e. The van der Waals surface area contributed by atoms with Crippen molar-refractivity contribution in [3.63, 3.8) is 0 Å². The molecule has 3 aromatic rings. The summed E-state index contributed by atoms with van der Waals surface area (Å²) in [5.41, 5.74) is 1.08. The summed E-state index contributed by atoms with van der Waals surface area (Å²) < 4.78 is 10.9. The van der Waals surface area contributed by atoms with Crippen LogP contribution in [0.2, 0.25) is 5.28 Å². The number of aromatic nitrogens is 4. The number of furan rings is 1. The number of aromatic amines is 1. The highest BCUT2D eigenvalue weighted by Gasteiger charge is 2.13. The van der Waals surface area contributed by atoms with Crippen LogP contribution in [0.25, 0.3) is 11.2 Å². The maximum Gasteiger partial charge on any atom is 0.295 e. The van der Waals surface area contributed by atoms with E-state index in [1.807, 2.05) is 19.1 Å². The van der Waals surface area contributed by atoms with Crippen molar-refractivity contribution in [2.24, 2.45) is 0 Å². The van der Waals surface area contributed by atoms with Crippen molar-refractivity contribution in [3.05, 3.63) is 29.4 Å². The van der Waals surface area contributed by atoms with Crippen LogP contribution in [0.15, 0.2) is 22.8 Å². The van der Waals surface area contributed by atoms with E-state index >= 15 is 0 Å². The van der Waals surface area contributed by atoms with Crippen LogP contribution in [0, 0.1) is 11.8 Å². The molecule has 3 rings (SSSR count). The van der Waals surface area contributed by atoms with Crippen LogP contribution in [0.4, 0.5) is 5.82 Å². The van der Waals surface area contributed by atoms with Crippen molar-refractivity contribution in [1.29, 1.82) is 0 Å². The number of hydrogen-bond acceptors (Lipinski definition) is 6. The summed E-state index contributed by atoms with van der Waals surface area (Å²) >= 11 is 5.97. The molecule has 0 aliphatic carbocycles. The van der Waals surface area contributed by atoms with Gasteiger partial charge in [0.05, 0.1) is 19.4 Å². The number of ether oxygens (including phenoxy) is 1. The minimum absolute atomic E-state index is 0.123. The van der Waals surface area contributed by atoms with Gasteiger partial charge in [0.25, 0.3) is 6.01 Å². The monoisotopic (exact) mass is 345 g/mol. The molecule has 0 amide bonds. The third-order valence-corrected chi connectivity index (χ3v) is 3.34. The molecule has 0 radical (unpaired) electrons. The van der Waals surface area contributed by atoms with Crippen molar-refractivity contribution < 1.29 is 9.15 Å². The Morgan fingerprint density at radius 1 is 1.38 bits per heavy atom. The normalized spacial score (nSPS) is 10.4. The fraction of sp³-hybridized carbons (Fsp3) is 0.312. The zero-order valence-corrected chi connectivity index (χ0v) is 13.9. The number of hydrogen-bond donors (Lipinski definition) is 2. The second kappa shape index (κ2) is 7.70. The van der Waals surface area contributed by atoms with Gasteiger partial charge >= 0.3 is 0 Å². The second-order valence-corrected chi connectivity index (χ2v) is 5.23. The molecule has 3 heterocycles. The lowest BCUT2D eigenvalue weighted by Crippen LogP contribution is -2.02. The largest absolute Gasteiger partial charge is 0.467 e. The van der Waals surface area contributed by atoms with Crippen LogP contribution in [0.1, 0.15) is 25.5 Å². The van der Waals surface area contributed by atoms with E-state index in [1.54, 1.807) is 6.26 Å². The molecule has 0 aliphatic heterocycles. The van der Waals surface area contributed by atoms with E-state index in [-0.39, 0.29) is 5.28 Å². The minimum atomic E-state index is 0.123. The Balaban J connectivity index is 1.72. The topological polar surface area (TPSA) is 88.9 Å². The summed E-state index contributed by atoms with van der Waals surface area (Å²) in [6, 6.07) is 4.07. The first-order valence-corrected chi connectivity index (χ1v) is 7.86. The molecule has 0 aliphatic rings. The Morgan fingerprint density at radius 3 is 3.08 bits per heavy atom. The SMILES string of the molecule is CC#CCCCOc1nc2c(NCc3ccco3)nc(Cl)nc2[nH]1. The van der Waals surface area contributed by atoms with Gasteiger partial charge in [-0.15, -0.1) is 11.8 Å². The summed E-state index contributed by atoms with van der Waals surface area (Å²) in [4.78, 5) is 15.7. The first-order valence-electron chi connectivity index (χ1n) is 7.48. The van der Waals surface area contributed by atoms with Crippen molar-refractivity contribution in [1.82, 2.24) is 19.9 Å². The lowest BCUT2D eigenvalue weighted by Gasteiger charge is -2.03. The Bertz CT molecular complexity index is 864. The van der Waals surface area contributed by atoms with Crippen molar-refractivity contribution in [2.45, 2.75) is 26.3 Å². The Kier molecular flexibility index (Phi) is 5.18. The Labute approximate surface area is 143 Å². The van der Waals surface area contributed by atoms with Gasteiger partial charge in [0, 0.05) is 6.42 Å². The number of imidazole rings is 1. The number of unbranched alkanes of at least 4 members (excludes halogenated alkanes) is 1. The van der Waals surface area contributed by atoms with Gasteiger partial charge in [0.2, 0.25) is 5.28 Å². The van der Waals surface area contributed by atoms with E-state index < -0.39 is 0 Å². The summed E-state index contributed by atoms with van der Waals surface area (Å²) in [5.74, 6) is 7.14. The first kappa shape index (κ1) is 16.1. The summed E-state index contributed by atoms with van der Waals surface area (Å²) in [6.45, 7) is 2.80. The van der Waals surface area contributed by atoms with Gasteiger partial charge in [0.15, 0.2) is 17.0 Å². The summed E-state index contributed by atoms with van der Waals surface area (Å²) in [7, 11) is 0. The predicted molar refractivity (Wildman–Crippen MR) is 90.9 cm³/mol. The molecular weight excluding hydrogens is 330 g/mol. The van der Waals surface area contributed by atoms with Crippen LogP contribution in [-0.4, -0.2) is 26.5 Å². The zero-order valence-electron chi connectivity index (χ0n) is 13.1. The van der Waals surface area contributed by atoms with Crippen LogP contribution < -0.4 is 10.1 Å². The average Bonchev–Trinajstić information content (AvgIpc) is 3.21. The van der Waals surface area contributed by atoms with Crippen LogP contribution in [0.3, 0.4) is 0 Å². The standard InChI is InChI=1S/C16H16ClN5O2/c1-2-3-4-5-8-24-16-19-12-13(18-10-11-7-6-9-23-11)20-15(17)21-14(12)22-16/h6-7,9H,4-5,8,10H2,1H3,(H2,18,19,20,21,22). The zero-order chi connectivity index (χ0) is 16.8.